The largest absolute Gasteiger partial charge is 0.508 e. The lowest BCUT2D eigenvalue weighted by atomic mass is 9.47. The average Bonchev–Trinajstić information content (AvgIpc) is 3.77. The molecule has 1 aromatic heterocycles. The number of Topliss-reactive ketones (excluding diaryl/α,β-unsaturated/α-hetero) is 1. The number of allylic oxidation sites excluding steroid dienone is 4. The molecule has 326 valence electrons. The maximum absolute atomic E-state index is 13.6. The van der Waals surface area contributed by atoms with E-state index in [-0.39, 0.29) is 45.6 Å². The number of carbonyl (C=O) groups is 4. The number of hydrogen-bond acceptors (Lipinski definition) is 10. The molecule has 5 aliphatic rings. The van der Waals surface area contributed by atoms with Crippen molar-refractivity contribution in [1.82, 2.24) is 4.90 Å². The van der Waals surface area contributed by atoms with Gasteiger partial charge >= 0.3 is 5.97 Å². The number of benzene rings is 3. The zero-order valence-electron chi connectivity index (χ0n) is 36.6. The van der Waals surface area contributed by atoms with E-state index < -0.39 is 5.60 Å². The summed E-state index contributed by atoms with van der Waals surface area (Å²) in [6.07, 6.45) is 13.0. The van der Waals surface area contributed by atoms with Crippen LogP contribution < -0.4 is 4.74 Å². The summed E-state index contributed by atoms with van der Waals surface area (Å²) in [6.45, 7) is 13.5. The number of nitrogens with zero attached hydrogens (tertiary/aromatic N) is 1. The van der Waals surface area contributed by atoms with Gasteiger partial charge in [0.05, 0.1) is 0 Å². The zero-order chi connectivity index (χ0) is 44.0. The summed E-state index contributed by atoms with van der Waals surface area (Å²) >= 11 is 1.46. The molecule has 1 saturated heterocycles. The quantitative estimate of drug-likeness (QED) is 0.125. The molecular formula is C52H59NO8S. The van der Waals surface area contributed by atoms with Gasteiger partial charge in [-0.05, 0) is 179 Å². The van der Waals surface area contributed by atoms with Crippen LogP contribution in [0.2, 0.25) is 0 Å². The average molecular weight is 858 g/mol. The van der Waals surface area contributed by atoms with Crippen molar-refractivity contribution in [1.29, 1.82) is 0 Å². The van der Waals surface area contributed by atoms with Crippen LogP contribution in [0.4, 0.5) is 0 Å². The van der Waals surface area contributed by atoms with Crippen LogP contribution in [-0.2, 0) is 19.1 Å². The van der Waals surface area contributed by atoms with Gasteiger partial charge in [0.25, 0.3) is 0 Å². The molecule has 2 heterocycles. The zero-order valence-corrected chi connectivity index (χ0v) is 37.4. The normalized spacial score (nSPS) is 28.0. The first-order valence-electron chi connectivity index (χ1n) is 22.3. The maximum Gasteiger partial charge on any atom is 0.303 e. The van der Waals surface area contributed by atoms with E-state index in [1.54, 1.807) is 49.4 Å². The van der Waals surface area contributed by atoms with Gasteiger partial charge in [-0.1, -0.05) is 31.9 Å². The van der Waals surface area contributed by atoms with E-state index in [0.717, 1.165) is 71.6 Å². The Morgan fingerprint density at radius 1 is 0.855 bits per heavy atom. The fourth-order valence-electron chi connectivity index (χ4n) is 11.9. The lowest BCUT2D eigenvalue weighted by molar-refractivity contribution is -0.185. The van der Waals surface area contributed by atoms with Crippen molar-refractivity contribution >= 4 is 44.7 Å². The van der Waals surface area contributed by atoms with Crippen LogP contribution in [0.1, 0.15) is 108 Å². The maximum atomic E-state index is 13.6. The second kappa shape index (κ2) is 17.2. The van der Waals surface area contributed by atoms with Crippen molar-refractivity contribution < 1.29 is 38.9 Å². The minimum atomic E-state index is -0.990. The summed E-state index contributed by atoms with van der Waals surface area (Å²) in [5, 5.41) is 20.4. The fraction of sp³-hybridized carbons (Fsp3) is 0.462. The standard InChI is InChI=1S/C28H27NO4S.C24H32O4/c30-21-8-4-20(5-9-21)28-26(24-13-10-22(31)18-25(24)34-28)27(32)19-6-11-23(12-7-19)33-17-16-29-14-2-1-3-15-29;1-14-12-18-19(22(4)9-6-17(27)13-21(14)22)7-10-23(5)20(18)8-11-24(23,15(2)25)28-16(3)26/h4-13,18,30-31H,1-3,14-17H2;12-13,18-20H,6-11H2,1-5H3/t;18-,19+,20+,22-,23+,24+/m.1/s1. The molecule has 62 heavy (non-hydrogen) atoms. The molecule has 1 aliphatic heterocycles. The molecule has 3 fully saturated rings. The molecule has 9 rings (SSSR count). The Kier molecular flexibility index (Phi) is 12.1. The summed E-state index contributed by atoms with van der Waals surface area (Å²) in [5.74, 6) is 2.04. The predicted octanol–water partition coefficient (Wildman–Crippen LogP) is 10.7. The first kappa shape index (κ1) is 43.6. The Labute approximate surface area is 368 Å². The number of likely N-dealkylation sites (tertiary alicyclic amines) is 1. The van der Waals surface area contributed by atoms with Crippen molar-refractivity contribution in [3.05, 3.63) is 101 Å². The van der Waals surface area contributed by atoms with Gasteiger partial charge in [0.1, 0.15) is 23.9 Å². The van der Waals surface area contributed by atoms with Gasteiger partial charge < -0.3 is 19.7 Å². The highest BCUT2D eigenvalue weighted by molar-refractivity contribution is 7.22. The SMILES string of the molecule is CC(=O)O[C@]1(C(C)=O)CC[C@H]2[C@@H]3C=C(C)C4=CC(=O)CC[C@]4(C)[C@H]3CC[C@@]21C.O=C(c1ccc(OCCN2CCCCC2)cc1)c1c(-c2ccc(O)cc2)sc2cc(O)ccc12. The van der Waals surface area contributed by atoms with Gasteiger partial charge in [-0.25, -0.2) is 0 Å². The number of phenolic OH excluding ortho intramolecular Hbond substituents is 2. The van der Waals surface area contributed by atoms with E-state index in [2.05, 4.69) is 31.7 Å². The van der Waals surface area contributed by atoms with Crippen molar-refractivity contribution in [2.75, 3.05) is 26.2 Å². The molecule has 0 spiro atoms. The molecular weight excluding hydrogens is 799 g/mol. The summed E-state index contributed by atoms with van der Waals surface area (Å²) in [6, 6.07) is 19.2. The number of hydrogen-bond donors (Lipinski definition) is 2. The number of piperidine rings is 1. The lowest BCUT2D eigenvalue weighted by Crippen LogP contribution is -2.58. The molecule has 10 heteroatoms. The highest BCUT2D eigenvalue weighted by Crippen LogP contribution is 2.68. The fourth-order valence-corrected chi connectivity index (χ4v) is 13.2. The van der Waals surface area contributed by atoms with Crippen LogP contribution >= 0.6 is 11.3 Å². The summed E-state index contributed by atoms with van der Waals surface area (Å²) in [7, 11) is 0. The summed E-state index contributed by atoms with van der Waals surface area (Å²) in [5.41, 5.74) is 3.18. The van der Waals surface area contributed by atoms with Crippen LogP contribution in [0, 0.1) is 28.6 Å². The number of carbonyl (C=O) groups excluding carboxylic acids is 4. The number of esters is 1. The molecule has 6 atom stereocenters. The van der Waals surface area contributed by atoms with E-state index in [1.807, 2.05) is 30.3 Å². The van der Waals surface area contributed by atoms with E-state index >= 15 is 0 Å². The first-order valence-corrected chi connectivity index (χ1v) is 23.1. The summed E-state index contributed by atoms with van der Waals surface area (Å²) < 4.78 is 12.6. The second-order valence-electron chi connectivity index (χ2n) is 18.7. The molecule has 3 aromatic carbocycles. The smallest absolute Gasteiger partial charge is 0.303 e. The molecule has 0 radical (unpaired) electrons. The molecule has 9 nitrogen and oxygen atoms in total. The number of rotatable bonds is 9. The number of thiophene rings is 1. The van der Waals surface area contributed by atoms with Crippen LogP contribution in [-0.4, -0.2) is 70.3 Å². The minimum Gasteiger partial charge on any atom is -0.508 e. The third-order valence-electron chi connectivity index (χ3n) is 15.1. The molecule has 0 bridgehead atoms. The third kappa shape index (κ3) is 7.93. The van der Waals surface area contributed by atoms with Gasteiger partial charge in [-0.2, -0.15) is 0 Å². The predicted molar refractivity (Wildman–Crippen MR) is 243 cm³/mol. The molecule has 0 amide bonds. The Balaban J connectivity index is 0.000000174. The Morgan fingerprint density at radius 2 is 1.55 bits per heavy atom. The topological polar surface area (TPSA) is 130 Å². The highest BCUT2D eigenvalue weighted by Gasteiger charge is 2.67. The molecule has 0 unspecified atom stereocenters. The van der Waals surface area contributed by atoms with Gasteiger partial charge in [0.2, 0.25) is 0 Å². The third-order valence-corrected chi connectivity index (χ3v) is 16.3. The van der Waals surface area contributed by atoms with Gasteiger partial charge in [0.15, 0.2) is 23.0 Å². The lowest BCUT2D eigenvalue weighted by Gasteiger charge is -2.58. The summed E-state index contributed by atoms with van der Waals surface area (Å²) in [4.78, 5) is 53.6. The number of phenols is 2. The van der Waals surface area contributed by atoms with E-state index in [4.69, 9.17) is 9.47 Å². The number of aromatic hydroxyl groups is 2. The Hall–Kier alpha value is -5.06. The van der Waals surface area contributed by atoms with Crippen LogP contribution in [0.5, 0.6) is 17.2 Å². The van der Waals surface area contributed by atoms with Crippen molar-refractivity contribution in [2.24, 2.45) is 28.6 Å². The number of ether oxygens (including phenoxy) is 2. The monoisotopic (exact) mass is 857 g/mol. The Morgan fingerprint density at radius 3 is 2.24 bits per heavy atom. The van der Waals surface area contributed by atoms with Gasteiger partial charge in [-0.3, -0.25) is 24.1 Å². The van der Waals surface area contributed by atoms with Crippen LogP contribution in [0.15, 0.2) is 90.0 Å². The molecule has 2 saturated carbocycles. The van der Waals surface area contributed by atoms with Crippen molar-refractivity contribution in [3.8, 4) is 27.7 Å². The number of fused-ring (bicyclic) bond motifs is 6. The second-order valence-corrected chi connectivity index (χ2v) is 19.7. The van der Waals surface area contributed by atoms with E-state index in [1.165, 1.54) is 48.7 Å². The van der Waals surface area contributed by atoms with Gasteiger partial charge in [-0.15, -0.1) is 11.3 Å². The number of ketones is 3. The minimum absolute atomic E-state index is 0.0160. The van der Waals surface area contributed by atoms with E-state index in [9.17, 15) is 29.4 Å². The molecule has 4 aromatic rings. The van der Waals surface area contributed by atoms with E-state index in [0.29, 0.717) is 48.3 Å². The van der Waals surface area contributed by atoms with Crippen molar-refractivity contribution in [3.63, 3.8) is 0 Å². The van der Waals surface area contributed by atoms with Gasteiger partial charge in [0, 0.05) is 51.4 Å². The van der Waals surface area contributed by atoms with Crippen molar-refractivity contribution in [2.45, 2.75) is 98.0 Å². The Bertz CT molecular complexity index is 2440. The van der Waals surface area contributed by atoms with Crippen LogP contribution in [0.25, 0.3) is 20.5 Å². The molecule has 2 N–H and O–H groups in total. The van der Waals surface area contributed by atoms with Crippen LogP contribution in [0.3, 0.4) is 0 Å². The molecule has 4 aliphatic carbocycles. The highest BCUT2D eigenvalue weighted by atomic mass is 32.1. The first-order chi connectivity index (χ1) is 29.6.